The smallest absolute Gasteiger partial charge is 0.0634 e. The maximum atomic E-state index is 4.82. The number of benzene rings is 2. The zero-order valence-corrected chi connectivity index (χ0v) is 17.4. The first-order valence-electron chi connectivity index (χ1n) is 10.4. The average Bonchev–Trinajstić information content (AvgIpc) is 2.74. The Balaban J connectivity index is 2.13. The summed E-state index contributed by atoms with van der Waals surface area (Å²) >= 11 is 0. The van der Waals surface area contributed by atoms with Gasteiger partial charge in [-0.15, -0.1) is 0 Å². The molecule has 28 heavy (non-hydrogen) atoms. The maximum Gasteiger partial charge on any atom is 0.0634 e. The van der Waals surface area contributed by atoms with Gasteiger partial charge >= 0.3 is 0 Å². The van der Waals surface area contributed by atoms with E-state index in [1.165, 1.54) is 11.1 Å². The molecule has 0 aliphatic carbocycles. The third-order valence-electron chi connectivity index (χ3n) is 4.30. The standard InChI is InChI=1S/C26H32N2/c1-4-7-10-22-13-17-24(18-14-22)27-21-26(12-9-6-3)28-25-19-15-23(16-20-25)11-8-5-2/h7-8,10-11,13-21H,4-6,9,12H2,1-3H3/b10-7+,11-8+,27-21?,28-26?. The van der Waals surface area contributed by atoms with Crippen LogP contribution in [0.1, 0.15) is 64.0 Å². The molecule has 2 heteroatoms. The summed E-state index contributed by atoms with van der Waals surface area (Å²) in [4.78, 5) is 9.47. The molecule has 0 N–H and O–H groups in total. The number of nitrogens with zero attached hydrogens (tertiary/aromatic N) is 2. The first kappa shape index (κ1) is 21.6. The number of hydrogen-bond acceptors (Lipinski definition) is 2. The van der Waals surface area contributed by atoms with Crippen molar-refractivity contribution in [1.82, 2.24) is 0 Å². The molecular formula is C26H32N2. The Morgan fingerprint density at radius 3 is 1.79 bits per heavy atom. The van der Waals surface area contributed by atoms with Crippen LogP contribution in [0, 0.1) is 0 Å². The lowest BCUT2D eigenvalue weighted by Gasteiger charge is -2.02. The predicted octanol–water partition coefficient (Wildman–Crippen LogP) is 8.20. The van der Waals surface area contributed by atoms with Crippen LogP contribution in [0.3, 0.4) is 0 Å². The third-order valence-corrected chi connectivity index (χ3v) is 4.30. The van der Waals surface area contributed by atoms with Gasteiger partial charge < -0.3 is 0 Å². The zero-order valence-electron chi connectivity index (χ0n) is 17.4. The molecule has 146 valence electrons. The number of allylic oxidation sites excluding steroid dienone is 2. The van der Waals surface area contributed by atoms with E-state index < -0.39 is 0 Å². The summed E-state index contributed by atoms with van der Waals surface area (Å²) in [7, 11) is 0. The number of unbranched alkanes of at least 4 members (excludes halogenated alkanes) is 1. The fraction of sp³-hybridized carbons (Fsp3) is 0.308. The van der Waals surface area contributed by atoms with Crippen molar-refractivity contribution >= 4 is 35.5 Å². The molecule has 0 spiro atoms. The molecule has 0 saturated carbocycles. The third kappa shape index (κ3) is 7.87. The van der Waals surface area contributed by atoms with Crippen LogP contribution in [0.25, 0.3) is 12.2 Å². The van der Waals surface area contributed by atoms with E-state index in [4.69, 9.17) is 4.99 Å². The second-order valence-electron chi connectivity index (χ2n) is 6.77. The SMILES string of the molecule is CC/C=C/c1ccc(N=CC(CCCC)=Nc2ccc(/C=C/CC)cc2)cc1. The summed E-state index contributed by atoms with van der Waals surface area (Å²) in [5.41, 5.74) is 5.37. The molecule has 2 aromatic carbocycles. The van der Waals surface area contributed by atoms with Gasteiger partial charge in [0.2, 0.25) is 0 Å². The van der Waals surface area contributed by atoms with Gasteiger partial charge in [-0.1, -0.05) is 75.8 Å². The minimum atomic E-state index is 0.939. The van der Waals surface area contributed by atoms with Crippen LogP contribution in [0.5, 0.6) is 0 Å². The zero-order chi connectivity index (χ0) is 20.0. The van der Waals surface area contributed by atoms with Crippen LogP contribution in [0.2, 0.25) is 0 Å². The van der Waals surface area contributed by atoms with Gasteiger partial charge in [0.1, 0.15) is 0 Å². The monoisotopic (exact) mass is 372 g/mol. The Kier molecular flexibility index (Phi) is 9.71. The highest BCUT2D eigenvalue weighted by Gasteiger charge is 1.98. The maximum absolute atomic E-state index is 4.82. The van der Waals surface area contributed by atoms with Gasteiger partial charge in [0.25, 0.3) is 0 Å². The van der Waals surface area contributed by atoms with Gasteiger partial charge in [0.05, 0.1) is 17.1 Å². The summed E-state index contributed by atoms with van der Waals surface area (Å²) in [5.74, 6) is 0. The molecule has 0 aliphatic rings. The molecule has 0 aliphatic heterocycles. The molecule has 0 fully saturated rings. The average molecular weight is 373 g/mol. The molecule has 0 unspecified atom stereocenters. The van der Waals surface area contributed by atoms with Crippen LogP contribution >= 0.6 is 0 Å². The topological polar surface area (TPSA) is 24.7 Å². The normalized spacial score (nSPS) is 12.6. The fourth-order valence-electron chi connectivity index (χ4n) is 2.66. The van der Waals surface area contributed by atoms with Gasteiger partial charge in [0, 0.05) is 6.21 Å². The molecule has 0 saturated heterocycles. The van der Waals surface area contributed by atoms with Crippen molar-refractivity contribution in [2.24, 2.45) is 9.98 Å². The highest BCUT2D eigenvalue weighted by atomic mass is 14.8. The highest BCUT2D eigenvalue weighted by Crippen LogP contribution is 2.17. The molecule has 2 rings (SSSR count). The van der Waals surface area contributed by atoms with E-state index in [2.05, 4.69) is 98.6 Å². The van der Waals surface area contributed by atoms with Crippen molar-refractivity contribution in [3.8, 4) is 0 Å². The van der Waals surface area contributed by atoms with Crippen LogP contribution in [-0.2, 0) is 0 Å². The van der Waals surface area contributed by atoms with Crippen LogP contribution in [0.15, 0.2) is 70.7 Å². The van der Waals surface area contributed by atoms with E-state index in [1.54, 1.807) is 0 Å². The summed E-state index contributed by atoms with van der Waals surface area (Å²) < 4.78 is 0. The van der Waals surface area contributed by atoms with Crippen molar-refractivity contribution in [3.63, 3.8) is 0 Å². The Labute approximate surface area is 170 Å². The Hall–Kier alpha value is -2.74. The van der Waals surface area contributed by atoms with E-state index >= 15 is 0 Å². The summed E-state index contributed by atoms with van der Waals surface area (Å²) in [5, 5.41) is 0. The fourth-order valence-corrected chi connectivity index (χ4v) is 2.66. The number of hydrogen-bond donors (Lipinski definition) is 0. The summed E-state index contributed by atoms with van der Waals surface area (Å²) in [6.07, 6.45) is 15.8. The van der Waals surface area contributed by atoms with Gasteiger partial charge in [-0.25, -0.2) is 0 Å². The Bertz CT molecular complexity index is 807. The molecule has 0 radical (unpaired) electrons. The largest absolute Gasteiger partial charge is 0.255 e. The second-order valence-corrected chi connectivity index (χ2v) is 6.77. The van der Waals surface area contributed by atoms with E-state index in [9.17, 15) is 0 Å². The van der Waals surface area contributed by atoms with Crippen molar-refractivity contribution in [2.45, 2.75) is 52.9 Å². The quantitative estimate of drug-likeness (QED) is 0.375. The minimum absolute atomic E-state index is 0.939. The molecular weight excluding hydrogens is 340 g/mol. The van der Waals surface area contributed by atoms with Crippen molar-refractivity contribution in [3.05, 3.63) is 71.8 Å². The molecule has 0 aromatic heterocycles. The minimum Gasteiger partial charge on any atom is -0.255 e. The lowest BCUT2D eigenvalue weighted by molar-refractivity contribution is 0.839. The molecule has 0 heterocycles. The van der Waals surface area contributed by atoms with E-state index in [0.29, 0.717) is 0 Å². The Morgan fingerprint density at radius 1 is 0.750 bits per heavy atom. The molecule has 0 amide bonds. The highest BCUT2D eigenvalue weighted by molar-refractivity contribution is 6.31. The van der Waals surface area contributed by atoms with Gasteiger partial charge in [-0.05, 0) is 61.1 Å². The first-order valence-corrected chi connectivity index (χ1v) is 10.4. The van der Waals surface area contributed by atoms with E-state index in [0.717, 1.165) is 49.2 Å². The molecule has 2 aromatic rings. The van der Waals surface area contributed by atoms with Crippen molar-refractivity contribution in [2.75, 3.05) is 0 Å². The molecule has 2 nitrogen and oxygen atoms in total. The number of aliphatic imine (C=N–C) groups is 2. The second kappa shape index (κ2) is 12.6. The lowest BCUT2D eigenvalue weighted by Crippen LogP contribution is -1.99. The van der Waals surface area contributed by atoms with Crippen LogP contribution < -0.4 is 0 Å². The van der Waals surface area contributed by atoms with Gasteiger partial charge in [-0.2, -0.15) is 0 Å². The molecule has 0 bridgehead atoms. The van der Waals surface area contributed by atoms with Crippen LogP contribution in [-0.4, -0.2) is 11.9 Å². The van der Waals surface area contributed by atoms with E-state index in [1.807, 2.05) is 6.21 Å². The first-order chi connectivity index (χ1) is 13.7. The van der Waals surface area contributed by atoms with Crippen molar-refractivity contribution in [1.29, 1.82) is 0 Å². The van der Waals surface area contributed by atoms with Gasteiger partial charge in [-0.3, -0.25) is 9.98 Å². The summed E-state index contributed by atoms with van der Waals surface area (Å²) in [6, 6.07) is 16.7. The predicted molar refractivity (Wildman–Crippen MR) is 126 cm³/mol. The van der Waals surface area contributed by atoms with Crippen molar-refractivity contribution < 1.29 is 0 Å². The van der Waals surface area contributed by atoms with Gasteiger partial charge in [0.15, 0.2) is 0 Å². The Morgan fingerprint density at radius 2 is 1.29 bits per heavy atom. The lowest BCUT2D eigenvalue weighted by atomic mass is 10.1. The molecule has 0 atom stereocenters. The number of rotatable bonds is 10. The van der Waals surface area contributed by atoms with Crippen LogP contribution in [0.4, 0.5) is 11.4 Å². The summed E-state index contributed by atoms with van der Waals surface area (Å²) in [6.45, 7) is 6.48. The van der Waals surface area contributed by atoms with E-state index in [-0.39, 0.29) is 0 Å².